The van der Waals surface area contributed by atoms with Crippen molar-refractivity contribution in [1.29, 1.82) is 0 Å². The Kier molecular flexibility index (Phi) is 4.71. The van der Waals surface area contributed by atoms with Crippen LogP contribution in [0.1, 0.15) is 19.3 Å². The number of nitrogens with one attached hydrogen (secondary N) is 1. The number of terminal acetylenes is 1. The van der Waals surface area contributed by atoms with Gasteiger partial charge in [0.05, 0.1) is 0 Å². The second-order valence-corrected chi connectivity index (χ2v) is 2.36. The van der Waals surface area contributed by atoms with Gasteiger partial charge in [0.1, 0.15) is 6.04 Å². The average Bonchev–Trinajstić information content (AvgIpc) is 1.95. The number of alkyl halides is 3. The molecule has 0 aromatic carbocycles. The first kappa shape index (κ1) is 11.3. The van der Waals surface area contributed by atoms with Gasteiger partial charge in [0, 0.05) is 6.42 Å². The van der Waals surface area contributed by atoms with Crippen molar-refractivity contribution in [2.75, 3.05) is 0 Å². The maximum Gasteiger partial charge on any atom is 0.405 e. The largest absolute Gasteiger partial charge is 0.405 e. The Morgan fingerprint density at radius 3 is 2.42 bits per heavy atom. The summed E-state index contributed by atoms with van der Waals surface area (Å²) < 4.78 is 35.9. The molecule has 0 saturated carbocycles. The minimum Gasteiger partial charge on any atom is -0.271 e. The fourth-order valence-corrected chi connectivity index (χ4v) is 0.750. The topological polar surface area (TPSA) is 38.0 Å². The fourth-order valence-electron chi connectivity index (χ4n) is 0.750. The number of rotatable bonds is 4. The van der Waals surface area contributed by atoms with E-state index in [9.17, 15) is 13.2 Å². The van der Waals surface area contributed by atoms with E-state index in [-0.39, 0.29) is 6.42 Å². The van der Waals surface area contributed by atoms with E-state index in [0.717, 1.165) is 0 Å². The fraction of sp³-hybridized carbons (Fsp3) is 0.714. The molecular formula is C7H11F3N2. The molecule has 70 valence electrons. The number of hydrogen-bond donors (Lipinski definition) is 2. The molecule has 0 rings (SSSR count). The standard InChI is InChI=1S/C7H11F3N2/c1-2-3-4-5-6(12-11)7(8,9)10/h1,6,12H,3-5,11H2. The van der Waals surface area contributed by atoms with Gasteiger partial charge in [-0.3, -0.25) is 5.84 Å². The Morgan fingerprint density at radius 2 is 2.08 bits per heavy atom. The lowest BCUT2D eigenvalue weighted by Crippen LogP contribution is -2.45. The summed E-state index contributed by atoms with van der Waals surface area (Å²) in [5.74, 6) is 6.98. The van der Waals surface area contributed by atoms with E-state index in [2.05, 4.69) is 5.92 Å². The summed E-state index contributed by atoms with van der Waals surface area (Å²) in [6, 6.07) is -1.65. The molecule has 1 unspecified atom stereocenters. The zero-order valence-corrected chi connectivity index (χ0v) is 6.49. The predicted molar refractivity (Wildman–Crippen MR) is 39.9 cm³/mol. The van der Waals surface area contributed by atoms with Crippen LogP contribution in [0.15, 0.2) is 0 Å². The molecule has 3 N–H and O–H groups in total. The first-order chi connectivity index (χ1) is 5.52. The van der Waals surface area contributed by atoms with Crippen LogP contribution in [0.25, 0.3) is 0 Å². The highest BCUT2D eigenvalue weighted by atomic mass is 19.4. The van der Waals surface area contributed by atoms with Crippen LogP contribution in [0, 0.1) is 12.3 Å². The van der Waals surface area contributed by atoms with E-state index < -0.39 is 12.2 Å². The third-order valence-corrected chi connectivity index (χ3v) is 1.41. The molecule has 1 atom stereocenters. The van der Waals surface area contributed by atoms with Gasteiger partial charge in [-0.1, -0.05) is 0 Å². The van der Waals surface area contributed by atoms with Crippen LogP contribution >= 0.6 is 0 Å². The van der Waals surface area contributed by atoms with Gasteiger partial charge in [0.25, 0.3) is 0 Å². The summed E-state index contributed by atoms with van der Waals surface area (Å²) in [4.78, 5) is 0. The van der Waals surface area contributed by atoms with E-state index >= 15 is 0 Å². The lowest BCUT2D eigenvalue weighted by molar-refractivity contribution is -0.157. The van der Waals surface area contributed by atoms with Gasteiger partial charge in [0.2, 0.25) is 0 Å². The summed E-state index contributed by atoms with van der Waals surface area (Å²) in [5, 5.41) is 0. The van der Waals surface area contributed by atoms with Gasteiger partial charge >= 0.3 is 6.18 Å². The molecule has 0 aliphatic heterocycles. The van der Waals surface area contributed by atoms with Crippen molar-refractivity contribution in [2.45, 2.75) is 31.5 Å². The van der Waals surface area contributed by atoms with Crippen molar-refractivity contribution < 1.29 is 13.2 Å². The number of nitrogens with two attached hydrogens (primary N) is 1. The normalized spacial score (nSPS) is 13.9. The highest BCUT2D eigenvalue weighted by Crippen LogP contribution is 2.22. The lowest BCUT2D eigenvalue weighted by Gasteiger charge is -2.18. The van der Waals surface area contributed by atoms with Crippen LogP contribution in [0.3, 0.4) is 0 Å². The number of halogens is 3. The molecule has 0 heterocycles. The summed E-state index contributed by atoms with van der Waals surface area (Å²) >= 11 is 0. The van der Waals surface area contributed by atoms with Crippen molar-refractivity contribution in [2.24, 2.45) is 5.84 Å². The highest BCUT2D eigenvalue weighted by molar-refractivity contribution is 4.84. The zero-order valence-electron chi connectivity index (χ0n) is 6.49. The first-order valence-electron chi connectivity index (χ1n) is 3.48. The van der Waals surface area contributed by atoms with E-state index in [0.29, 0.717) is 12.8 Å². The molecule has 0 aliphatic rings. The number of hydrazine groups is 1. The van der Waals surface area contributed by atoms with Crippen molar-refractivity contribution in [3.8, 4) is 12.3 Å². The van der Waals surface area contributed by atoms with Gasteiger partial charge in [0.15, 0.2) is 0 Å². The molecule has 0 aromatic rings. The Hall–Kier alpha value is -0.730. The van der Waals surface area contributed by atoms with Crippen LogP contribution < -0.4 is 11.3 Å². The van der Waals surface area contributed by atoms with E-state index in [1.807, 2.05) is 0 Å². The van der Waals surface area contributed by atoms with Gasteiger partial charge in [-0.05, 0) is 12.8 Å². The zero-order chi connectivity index (χ0) is 9.61. The molecule has 0 aliphatic carbocycles. The molecular weight excluding hydrogens is 169 g/mol. The molecule has 0 fully saturated rings. The van der Waals surface area contributed by atoms with E-state index in [1.54, 1.807) is 5.43 Å². The van der Waals surface area contributed by atoms with Gasteiger partial charge in [-0.25, -0.2) is 5.43 Å². The monoisotopic (exact) mass is 180 g/mol. The predicted octanol–water partition coefficient (Wildman–Crippen LogP) is 1.18. The lowest BCUT2D eigenvalue weighted by atomic mass is 10.1. The van der Waals surface area contributed by atoms with Gasteiger partial charge < -0.3 is 0 Å². The third kappa shape index (κ3) is 4.21. The molecule has 0 amide bonds. The van der Waals surface area contributed by atoms with Crippen LogP contribution in [0.4, 0.5) is 13.2 Å². The number of unbranched alkanes of at least 4 members (excludes halogenated alkanes) is 1. The molecule has 0 aromatic heterocycles. The van der Waals surface area contributed by atoms with Crippen LogP contribution in [0.2, 0.25) is 0 Å². The Labute approximate surface area is 69.3 Å². The second kappa shape index (κ2) is 5.01. The maximum absolute atomic E-state index is 12.0. The van der Waals surface area contributed by atoms with E-state index in [1.165, 1.54) is 0 Å². The van der Waals surface area contributed by atoms with Crippen LogP contribution in [-0.4, -0.2) is 12.2 Å². The van der Waals surface area contributed by atoms with E-state index in [4.69, 9.17) is 12.3 Å². The Balaban J connectivity index is 3.78. The molecule has 0 radical (unpaired) electrons. The molecule has 12 heavy (non-hydrogen) atoms. The van der Waals surface area contributed by atoms with Crippen molar-refractivity contribution in [3.63, 3.8) is 0 Å². The van der Waals surface area contributed by atoms with Gasteiger partial charge in [-0.2, -0.15) is 13.2 Å². The minimum atomic E-state index is -4.29. The Morgan fingerprint density at radius 1 is 1.50 bits per heavy atom. The van der Waals surface area contributed by atoms with Crippen molar-refractivity contribution in [1.82, 2.24) is 5.43 Å². The molecule has 2 nitrogen and oxygen atoms in total. The summed E-state index contributed by atoms with van der Waals surface area (Å²) in [6.45, 7) is 0. The maximum atomic E-state index is 12.0. The summed E-state index contributed by atoms with van der Waals surface area (Å²) in [7, 11) is 0. The molecule has 0 spiro atoms. The highest BCUT2D eigenvalue weighted by Gasteiger charge is 2.38. The Bertz CT molecular complexity index is 159. The van der Waals surface area contributed by atoms with Gasteiger partial charge in [-0.15, -0.1) is 12.3 Å². The third-order valence-electron chi connectivity index (χ3n) is 1.41. The smallest absolute Gasteiger partial charge is 0.271 e. The average molecular weight is 180 g/mol. The quantitative estimate of drug-likeness (QED) is 0.295. The molecule has 5 heteroatoms. The minimum absolute atomic E-state index is 0.0792. The molecule has 0 saturated heterocycles. The molecule has 0 bridgehead atoms. The van der Waals surface area contributed by atoms with Crippen molar-refractivity contribution in [3.05, 3.63) is 0 Å². The SMILES string of the molecule is C#CCCCC(NN)C(F)(F)F. The van der Waals surface area contributed by atoms with Crippen molar-refractivity contribution >= 4 is 0 Å². The van der Waals surface area contributed by atoms with Crippen LogP contribution in [-0.2, 0) is 0 Å². The summed E-state index contributed by atoms with van der Waals surface area (Å²) in [6.07, 6.45) is 1.18. The number of hydrogen-bond acceptors (Lipinski definition) is 2. The first-order valence-corrected chi connectivity index (χ1v) is 3.48. The van der Waals surface area contributed by atoms with Crippen LogP contribution in [0.5, 0.6) is 0 Å². The second-order valence-electron chi connectivity index (χ2n) is 2.36. The summed E-state index contributed by atoms with van der Waals surface area (Å²) in [5.41, 5.74) is 1.71.